The maximum absolute atomic E-state index is 6.21. The summed E-state index contributed by atoms with van der Waals surface area (Å²) in [5.74, 6) is 0.936. The van der Waals surface area contributed by atoms with Crippen LogP contribution in [-0.4, -0.2) is 15.4 Å². The highest BCUT2D eigenvalue weighted by Crippen LogP contribution is 2.37. The Kier molecular flexibility index (Phi) is 4.62. The van der Waals surface area contributed by atoms with Gasteiger partial charge >= 0.3 is 0 Å². The molecule has 0 heterocycles. The molecule has 0 aliphatic heterocycles. The number of methoxy groups -OCH3 is 1. The molecule has 1 aromatic rings. The molecule has 0 amide bonds. The molecule has 2 nitrogen and oxygen atoms in total. The summed E-state index contributed by atoms with van der Waals surface area (Å²) in [5, 5.41) is 0.258. The summed E-state index contributed by atoms with van der Waals surface area (Å²) in [6.45, 7) is 14.1. The zero-order chi connectivity index (χ0) is 14.0. The van der Waals surface area contributed by atoms with Crippen molar-refractivity contribution in [2.75, 3.05) is 7.11 Å². The molecule has 0 saturated heterocycles. The van der Waals surface area contributed by atoms with E-state index in [0.29, 0.717) is 6.61 Å². The predicted molar refractivity (Wildman–Crippen MR) is 79.7 cm³/mol. The van der Waals surface area contributed by atoms with Gasteiger partial charge in [-0.3, -0.25) is 0 Å². The van der Waals surface area contributed by atoms with E-state index in [9.17, 15) is 0 Å². The van der Waals surface area contributed by atoms with Crippen molar-refractivity contribution < 1.29 is 9.16 Å². The highest BCUT2D eigenvalue weighted by molar-refractivity contribution is 6.74. The van der Waals surface area contributed by atoms with Gasteiger partial charge in [-0.15, -0.1) is 0 Å². The Morgan fingerprint density at radius 1 is 1.17 bits per heavy atom. The predicted octanol–water partition coefficient (Wildman–Crippen LogP) is 4.53. The third-order valence-electron chi connectivity index (χ3n) is 3.87. The summed E-state index contributed by atoms with van der Waals surface area (Å²) in [6, 6.07) is 6.24. The SMILES string of the molecule is COc1ccc(CO[Si](C)(C)C(C)(C)C)cc1C. The summed E-state index contributed by atoms with van der Waals surface area (Å²) in [7, 11) is 0.0443. The second-order valence-corrected chi connectivity index (χ2v) is 11.2. The molecule has 0 atom stereocenters. The number of hydrogen-bond acceptors (Lipinski definition) is 2. The molecule has 0 bridgehead atoms. The second kappa shape index (κ2) is 5.45. The van der Waals surface area contributed by atoms with Crippen molar-refractivity contribution in [2.24, 2.45) is 0 Å². The minimum atomic E-state index is -1.66. The average Bonchev–Trinajstić information content (AvgIpc) is 2.25. The summed E-state index contributed by atoms with van der Waals surface area (Å²) < 4.78 is 11.5. The smallest absolute Gasteiger partial charge is 0.192 e. The van der Waals surface area contributed by atoms with Crippen LogP contribution in [0.3, 0.4) is 0 Å². The first-order valence-corrected chi connectivity index (χ1v) is 9.36. The number of rotatable bonds is 4. The van der Waals surface area contributed by atoms with Gasteiger partial charge in [-0.2, -0.15) is 0 Å². The lowest BCUT2D eigenvalue weighted by molar-refractivity contribution is 0.276. The molecule has 0 saturated carbocycles. The van der Waals surface area contributed by atoms with Crippen molar-refractivity contribution >= 4 is 8.32 Å². The molecule has 3 heteroatoms. The molecule has 0 unspecified atom stereocenters. The first-order valence-electron chi connectivity index (χ1n) is 6.45. The Hall–Kier alpha value is -0.803. The maximum Gasteiger partial charge on any atom is 0.192 e. The minimum absolute atomic E-state index is 0.258. The molecule has 18 heavy (non-hydrogen) atoms. The molecule has 1 aromatic carbocycles. The fourth-order valence-corrected chi connectivity index (χ4v) is 2.47. The molecule has 0 fully saturated rings. The van der Waals surface area contributed by atoms with Crippen LogP contribution in [0.15, 0.2) is 18.2 Å². The van der Waals surface area contributed by atoms with Gasteiger partial charge in [0.15, 0.2) is 8.32 Å². The summed E-state index contributed by atoms with van der Waals surface area (Å²) in [6.07, 6.45) is 0. The van der Waals surface area contributed by atoms with Crippen LogP contribution in [0.25, 0.3) is 0 Å². The Labute approximate surface area is 112 Å². The highest BCUT2D eigenvalue weighted by atomic mass is 28.4. The molecule has 0 spiro atoms. The van der Waals surface area contributed by atoms with Crippen LogP contribution < -0.4 is 4.74 Å². The van der Waals surface area contributed by atoms with Crippen molar-refractivity contribution in [3.05, 3.63) is 29.3 Å². The Morgan fingerprint density at radius 2 is 1.78 bits per heavy atom. The molecule has 1 rings (SSSR count). The normalized spacial score (nSPS) is 12.6. The Morgan fingerprint density at radius 3 is 2.22 bits per heavy atom. The minimum Gasteiger partial charge on any atom is -0.496 e. The van der Waals surface area contributed by atoms with E-state index in [1.165, 1.54) is 5.56 Å². The quantitative estimate of drug-likeness (QED) is 0.746. The van der Waals surface area contributed by atoms with Crippen molar-refractivity contribution in [3.8, 4) is 5.75 Å². The molecular formula is C15H26O2Si. The summed E-state index contributed by atoms with van der Waals surface area (Å²) in [5.41, 5.74) is 2.38. The number of ether oxygens (including phenoxy) is 1. The molecule has 0 N–H and O–H groups in total. The van der Waals surface area contributed by atoms with E-state index in [2.05, 4.69) is 52.9 Å². The van der Waals surface area contributed by atoms with Gasteiger partial charge in [0.05, 0.1) is 13.7 Å². The van der Waals surface area contributed by atoms with Crippen LogP contribution in [0.2, 0.25) is 18.1 Å². The van der Waals surface area contributed by atoms with Gasteiger partial charge in [0.2, 0.25) is 0 Å². The molecule has 0 aromatic heterocycles. The fourth-order valence-electron chi connectivity index (χ4n) is 1.51. The van der Waals surface area contributed by atoms with Crippen LogP contribution >= 0.6 is 0 Å². The van der Waals surface area contributed by atoms with E-state index in [1.54, 1.807) is 7.11 Å². The van der Waals surface area contributed by atoms with Crippen LogP contribution in [0.5, 0.6) is 5.75 Å². The van der Waals surface area contributed by atoms with E-state index >= 15 is 0 Å². The summed E-state index contributed by atoms with van der Waals surface area (Å²) >= 11 is 0. The van der Waals surface area contributed by atoms with E-state index < -0.39 is 8.32 Å². The van der Waals surface area contributed by atoms with E-state index in [4.69, 9.17) is 9.16 Å². The van der Waals surface area contributed by atoms with Gasteiger partial charge in [-0.1, -0.05) is 32.9 Å². The Bertz CT molecular complexity index is 405. The maximum atomic E-state index is 6.21. The summed E-state index contributed by atoms with van der Waals surface area (Å²) in [4.78, 5) is 0. The third kappa shape index (κ3) is 3.59. The van der Waals surface area contributed by atoms with Gasteiger partial charge in [-0.05, 0) is 42.2 Å². The van der Waals surface area contributed by atoms with Gasteiger partial charge in [0.25, 0.3) is 0 Å². The lowest BCUT2D eigenvalue weighted by Gasteiger charge is -2.36. The van der Waals surface area contributed by atoms with Crippen LogP contribution in [0.1, 0.15) is 31.9 Å². The van der Waals surface area contributed by atoms with Gasteiger partial charge in [-0.25, -0.2) is 0 Å². The zero-order valence-corrected chi connectivity index (χ0v) is 13.8. The topological polar surface area (TPSA) is 18.5 Å². The number of hydrogen-bond donors (Lipinski definition) is 0. The molecule has 0 aliphatic rings. The molecule has 0 aliphatic carbocycles. The van der Waals surface area contributed by atoms with E-state index in [0.717, 1.165) is 11.3 Å². The van der Waals surface area contributed by atoms with Crippen molar-refractivity contribution in [1.82, 2.24) is 0 Å². The first kappa shape index (κ1) is 15.3. The molecular weight excluding hydrogens is 240 g/mol. The average molecular weight is 266 g/mol. The van der Waals surface area contributed by atoms with Crippen molar-refractivity contribution in [1.29, 1.82) is 0 Å². The molecule has 102 valence electrons. The van der Waals surface area contributed by atoms with Crippen molar-refractivity contribution in [3.63, 3.8) is 0 Å². The second-order valence-electron chi connectivity index (χ2n) is 6.35. The lowest BCUT2D eigenvalue weighted by atomic mass is 10.1. The first-order chi connectivity index (χ1) is 8.17. The lowest BCUT2D eigenvalue weighted by Crippen LogP contribution is -2.40. The highest BCUT2D eigenvalue weighted by Gasteiger charge is 2.36. The van der Waals surface area contributed by atoms with E-state index in [-0.39, 0.29) is 5.04 Å². The standard InChI is InChI=1S/C15H26O2Si/c1-12-10-13(8-9-14(12)16-5)11-17-18(6,7)15(2,3)4/h8-10H,11H2,1-7H3. The van der Waals surface area contributed by atoms with Crippen molar-refractivity contribution in [2.45, 2.75) is 52.4 Å². The molecule has 0 radical (unpaired) electrons. The number of benzene rings is 1. The van der Waals surface area contributed by atoms with Gasteiger partial charge in [0.1, 0.15) is 5.75 Å². The number of aryl methyl sites for hydroxylation is 1. The van der Waals surface area contributed by atoms with Gasteiger partial charge in [0, 0.05) is 0 Å². The van der Waals surface area contributed by atoms with Gasteiger partial charge < -0.3 is 9.16 Å². The monoisotopic (exact) mass is 266 g/mol. The fraction of sp³-hybridized carbons (Fsp3) is 0.600. The van der Waals surface area contributed by atoms with Crippen LogP contribution in [0, 0.1) is 6.92 Å². The van der Waals surface area contributed by atoms with Crippen LogP contribution in [-0.2, 0) is 11.0 Å². The zero-order valence-electron chi connectivity index (χ0n) is 12.8. The largest absolute Gasteiger partial charge is 0.496 e. The Balaban J connectivity index is 2.73. The van der Waals surface area contributed by atoms with E-state index in [1.807, 2.05) is 6.07 Å². The third-order valence-corrected chi connectivity index (χ3v) is 8.34. The van der Waals surface area contributed by atoms with Crippen LogP contribution in [0.4, 0.5) is 0 Å².